The van der Waals surface area contributed by atoms with Crippen molar-refractivity contribution < 1.29 is 9.47 Å². The lowest BCUT2D eigenvalue weighted by molar-refractivity contribution is 0.0364. The molecular formula is C26H40N4O2. The quantitative estimate of drug-likeness (QED) is 0.607. The number of likely N-dealkylation sites (tertiary alicyclic amines) is 2. The van der Waals surface area contributed by atoms with Gasteiger partial charge in [-0.25, -0.2) is 9.97 Å². The number of hydrogen-bond acceptors (Lipinski definition) is 6. The molecule has 2 aromatic rings. The third-order valence-electron chi connectivity index (χ3n) is 6.30. The SMILES string of the molecule is CC(C)N1CC(COc2ccccn2)C1.CC(C)N1CCC(COc2ccccn2)CC1. The first-order valence-electron chi connectivity index (χ1n) is 12.1. The fourth-order valence-corrected chi connectivity index (χ4v) is 4.04. The van der Waals surface area contributed by atoms with Crippen LogP contribution in [-0.2, 0) is 0 Å². The standard InChI is InChI=1S/C14H22N2O.C12H18N2O/c1-12(2)16-9-6-13(7-10-16)11-17-14-5-3-4-8-15-14;1-10(2)14-7-11(8-14)9-15-12-5-3-4-6-13-12/h3-5,8,12-13H,6-7,9-11H2,1-2H3;3-6,10-11H,7-9H2,1-2H3. The zero-order valence-electron chi connectivity index (χ0n) is 20.2. The zero-order valence-corrected chi connectivity index (χ0v) is 20.2. The molecule has 0 aromatic carbocycles. The maximum absolute atomic E-state index is 5.71. The lowest BCUT2D eigenvalue weighted by Gasteiger charge is -2.41. The van der Waals surface area contributed by atoms with Crippen LogP contribution in [0.4, 0.5) is 0 Å². The molecule has 2 fully saturated rings. The van der Waals surface area contributed by atoms with E-state index in [9.17, 15) is 0 Å². The molecule has 2 aromatic heterocycles. The van der Waals surface area contributed by atoms with Crippen LogP contribution in [0, 0.1) is 11.8 Å². The molecule has 0 amide bonds. The summed E-state index contributed by atoms with van der Waals surface area (Å²) in [4.78, 5) is 13.3. The van der Waals surface area contributed by atoms with Crippen LogP contribution in [0.5, 0.6) is 11.8 Å². The first-order chi connectivity index (χ1) is 15.5. The third-order valence-corrected chi connectivity index (χ3v) is 6.30. The lowest BCUT2D eigenvalue weighted by atomic mass is 9.97. The van der Waals surface area contributed by atoms with Gasteiger partial charge in [0.1, 0.15) is 0 Å². The predicted molar refractivity (Wildman–Crippen MR) is 129 cm³/mol. The normalized spacial score (nSPS) is 18.2. The average molecular weight is 441 g/mol. The molecule has 0 spiro atoms. The molecule has 6 heteroatoms. The van der Waals surface area contributed by atoms with E-state index in [2.05, 4.69) is 47.5 Å². The van der Waals surface area contributed by atoms with Crippen molar-refractivity contribution in [1.29, 1.82) is 0 Å². The topological polar surface area (TPSA) is 50.7 Å². The zero-order chi connectivity index (χ0) is 22.8. The molecule has 0 bridgehead atoms. The summed E-state index contributed by atoms with van der Waals surface area (Å²) in [6, 6.07) is 12.9. The number of nitrogens with zero attached hydrogens (tertiary/aromatic N) is 4. The minimum atomic E-state index is 0.663. The van der Waals surface area contributed by atoms with E-state index in [1.807, 2.05) is 36.4 Å². The van der Waals surface area contributed by atoms with Crippen molar-refractivity contribution in [3.8, 4) is 11.8 Å². The minimum Gasteiger partial charge on any atom is -0.477 e. The average Bonchev–Trinajstić information content (AvgIpc) is 2.78. The summed E-state index contributed by atoms with van der Waals surface area (Å²) in [7, 11) is 0. The summed E-state index contributed by atoms with van der Waals surface area (Å²) >= 11 is 0. The van der Waals surface area contributed by atoms with Gasteiger partial charge < -0.3 is 19.3 Å². The van der Waals surface area contributed by atoms with Gasteiger partial charge in [0, 0.05) is 55.6 Å². The molecule has 176 valence electrons. The van der Waals surface area contributed by atoms with Crippen LogP contribution in [-0.4, -0.2) is 71.2 Å². The molecule has 0 unspecified atom stereocenters. The van der Waals surface area contributed by atoms with E-state index in [1.54, 1.807) is 12.4 Å². The Labute approximate surface area is 194 Å². The monoisotopic (exact) mass is 440 g/mol. The smallest absolute Gasteiger partial charge is 0.213 e. The first kappa shape index (κ1) is 24.5. The Hall–Kier alpha value is -2.18. The number of piperidine rings is 1. The lowest BCUT2D eigenvalue weighted by Crippen LogP contribution is -2.52. The molecule has 4 rings (SSSR count). The van der Waals surface area contributed by atoms with Crippen molar-refractivity contribution in [3.63, 3.8) is 0 Å². The van der Waals surface area contributed by atoms with Crippen molar-refractivity contribution in [1.82, 2.24) is 19.8 Å². The second kappa shape index (κ2) is 12.8. The summed E-state index contributed by atoms with van der Waals surface area (Å²) in [5.74, 6) is 2.85. The molecule has 0 atom stereocenters. The van der Waals surface area contributed by atoms with Gasteiger partial charge in [-0.3, -0.25) is 0 Å². The van der Waals surface area contributed by atoms with Gasteiger partial charge >= 0.3 is 0 Å². The summed E-state index contributed by atoms with van der Waals surface area (Å²) in [5, 5.41) is 0. The highest BCUT2D eigenvalue weighted by atomic mass is 16.5. The Morgan fingerprint density at radius 3 is 1.69 bits per heavy atom. The van der Waals surface area contributed by atoms with Gasteiger partial charge in [0.25, 0.3) is 0 Å². The Morgan fingerprint density at radius 1 is 0.750 bits per heavy atom. The van der Waals surface area contributed by atoms with Crippen molar-refractivity contribution in [2.24, 2.45) is 11.8 Å². The van der Waals surface area contributed by atoms with E-state index in [0.29, 0.717) is 23.9 Å². The Bertz CT molecular complexity index is 743. The minimum absolute atomic E-state index is 0.663. The highest BCUT2D eigenvalue weighted by Crippen LogP contribution is 2.20. The van der Waals surface area contributed by atoms with Crippen LogP contribution in [0.2, 0.25) is 0 Å². The summed E-state index contributed by atoms with van der Waals surface area (Å²) < 4.78 is 11.3. The van der Waals surface area contributed by atoms with E-state index in [0.717, 1.165) is 38.1 Å². The van der Waals surface area contributed by atoms with Gasteiger partial charge in [0.2, 0.25) is 11.8 Å². The van der Waals surface area contributed by atoms with E-state index in [-0.39, 0.29) is 0 Å². The molecule has 0 N–H and O–H groups in total. The second-order valence-corrected chi connectivity index (χ2v) is 9.44. The van der Waals surface area contributed by atoms with Gasteiger partial charge in [-0.05, 0) is 71.7 Å². The second-order valence-electron chi connectivity index (χ2n) is 9.44. The third kappa shape index (κ3) is 8.06. The molecule has 32 heavy (non-hydrogen) atoms. The number of rotatable bonds is 8. The molecule has 4 heterocycles. The largest absolute Gasteiger partial charge is 0.477 e. The van der Waals surface area contributed by atoms with Crippen molar-refractivity contribution in [2.75, 3.05) is 39.4 Å². The van der Waals surface area contributed by atoms with Crippen LogP contribution >= 0.6 is 0 Å². The number of pyridine rings is 2. The van der Waals surface area contributed by atoms with E-state index in [1.165, 1.54) is 25.9 Å². The highest BCUT2D eigenvalue weighted by Gasteiger charge is 2.28. The van der Waals surface area contributed by atoms with Crippen LogP contribution in [0.1, 0.15) is 40.5 Å². The van der Waals surface area contributed by atoms with Crippen molar-refractivity contribution in [2.45, 2.75) is 52.6 Å². The van der Waals surface area contributed by atoms with Crippen LogP contribution in [0.3, 0.4) is 0 Å². The Morgan fingerprint density at radius 2 is 1.25 bits per heavy atom. The number of aromatic nitrogens is 2. The summed E-state index contributed by atoms with van der Waals surface area (Å²) in [6.07, 6.45) is 6.02. The first-order valence-corrected chi connectivity index (χ1v) is 12.1. The molecule has 6 nitrogen and oxygen atoms in total. The molecule has 0 saturated carbocycles. The molecule has 0 aliphatic carbocycles. The van der Waals surface area contributed by atoms with Gasteiger partial charge in [-0.2, -0.15) is 0 Å². The molecule has 2 aliphatic rings. The molecule has 2 aliphatic heterocycles. The van der Waals surface area contributed by atoms with Crippen LogP contribution < -0.4 is 9.47 Å². The van der Waals surface area contributed by atoms with Gasteiger partial charge in [-0.15, -0.1) is 0 Å². The number of hydrogen-bond donors (Lipinski definition) is 0. The Balaban J connectivity index is 0.000000182. The predicted octanol–water partition coefficient (Wildman–Crippen LogP) is 4.38. The maximum atomic E-state index is 5.71. The van der Waals surface area contributed by atoms with E-state index < -0.39 is 0 Å². The van der Waals surface area contributed by atoms with E-state index >= 15 is 0 Å². The summed E-state index contributed by atoms with van der Waals surface area (Å²) in [5.41, 5.74) is 0. The van der Waals surface area contributed by atoms with Crippen molar-refractivity contribution in [3.05, 3.63) is 48.8 Å². The van der Waals surface area contributed by atoms with Crippen LogP contribution in [0.25, 0.3) is 0 Å². The fraction of sp³-hybridized carbons (Fsp3) is 0.615. The fourth-order valence-electron chi connectivity index (χ4n) is 4.04. The van der Waals surface area contributed by atoms with Gasteiger partial charge in [0.15, 0.2) is 0 Å². The van der Waals surface area contributed by atoms with Gasteiger partial charge in [-0.1, -0.05) is 12.1 Å². The maximum Gasteiger partial charge on any atom is 0.213 e. The highest BCUT2D eigenvalue weighted by molar-refractivity contribution is 5.09. The van der Waals surface area contributed by atoms with Crippen molar-refractivity contribution >= 4 is 0 Å². The molecule has 2 saturated heterocycles. The van der Waals surface area contributed by atoms with Crippen LogP contribution in [0.15, 0.2) is 48.8 Å². The number of ether oxygens (including phenoxy) is 2. The van der Waals surface area contributed by atoms with Gasteiger partial charge in [0.05, 0.1) is 13.2 Å². The Kier molecular flexibility index (Phi) is 9.75. The molecule has 0 radical (unpaired) electrons. The van der Waals surface area contributed by atoms with E-state index in [4.69, 9.17) is 9.47 Å². The molecular weight excluding hydrogens is 400 g/mol. The summed E-state index contributed by atoms with van der Waals surface area (Å²) in [6.45, 7) is 15.3.